The Morgan fingerprint density at radius 2 is 2.00 bits per heavy atom. The van der Waals surface area contributed by atoms with Gasteiger partial charge in [0.25, 0.3) is 0 Å². The molecule has 2 rings (SSSR count). The molecule has 1 heteroatoms. The van der Waals surface area contributed by atoms with Gasteiger partial charge in [0.2, 0.25) is 0 Å². The van der Waals surface area contributed by atoms with Gasteiger partial charge in [-0.15, -0.1) is 8.19 Å². The van der Waals surface area contributed by atoms with Gasteiger partial charge in [-0.2, -0.15) is 0 Å². The molecule has 2 aromatic rings. The molecule has 1 aromatic heterocycles. The average Bonchev–Trinajstić information content (AvgIpc) is 2.27. The zero-order valence-corrected chi connectivity index (χ0v) is 6.89. The third kappa shape index (κ3) is 0.853. The van der Waals surface area contributed by atoms with E-state index in [-0.39, 0.29) is 0 Å². The van der Waals surface area contributed by atoms with Crippen molar-refractivity contribution in [2.75, 3.05) is 0 Å². The largest absolute Gasteiger partial charge is 0.129 e. The van der Waals surface area contributed by atoms with Crippen molar-refractivity contribution in [1.29, 1.82) is 0 Å². The molecule has 0 radical (unpaired) electrons. The summed E-state index contributed by atoms with van der Waals surface area (Å²) in [5.41, 5.74) is 0. The van der Waals surface area contributed by atoms with Gasteiger partial charge in [0.05, 0.1) is 0 Å². The molecule has 1 heterocycles. The first-order valence-electron chi connectivity index (χ1n) is 3.40. The predicted molar refractivity (Wildman–Crippen MR) is 48.2 cm³/mol. The Morgan fingerprint density at radius 1 is 1.20 bits per heavy atom. The van der Waals surface area contributed by atoms with Crippen LogP contribution in [0.2, 0.25) is 0 Å². The Hall–Kier alpha value is -0.740. The van der Waals surface area contributed by atoms with E-state index in [2.05, 4.69) is 37.3 Å². The highest BCUT2D eigenvalue weighted by atomic mass is 31.0. The highest BCUT2D eigenvalue weighted by Crippen LogP contribution is 2.28. The molecular formula is C9H9P. The van der Waals surface area contributed by atoms with Crippen molar-refractivity contribution >= 4 is 18.7 Å². The van der Waals surface area contributed by atoms with Crippen molar-refractivity contribution in [3.05, 3.63) is 35.6 Å². The maximum atomic E-state index is 2.27. The van der Waals surface area contributed by atoms with Crippen molar-refractivity contribution in [1.82, 2.24) is 0 Å². The van der Waals surface area contributed by atoms with Crippen LogP contribution in [0.25, 0.3) is 10.5 Å². The maximum Gasteiger partial charge on any atom is -0.00157 e. The van der Waals surface area contributed by atoms with Crippen LogP contribution in [0.1, 0.15) is 5.30 Å². The van der Waals surface area contributed by atoms with Crippen molar-refractivity contribution < 1.29 is 0 Å². The summed E-state index contributed by atoms with van der Waals surface area (Å²) >= 11 is 0. The fourth-order valence-electron chi connectivity index (χ4n) is 1.22. The van der Waals surface area contributed by atoms with Gasteiger partial charge < -0.3 is 0 Å². The Bertz CT molecular complexity index is 313. The van der Waals surface area contributed by atoms with Gasteiger partial charge in [-0.25, -0.2) is 0 Å². The van der Waals surface area contributed by atoms with Crippen LogP contribution in [0.15, 0.2) is 30.3 Å². The second-order valence-corrected chi connectivity index (χ2v) is 4.12. The van der Waals surface area contributed by atoms with E-state index < -0.39 is 0 Å². The second-order valence-electron chi connectivity index (χ2n) is 2.54. The SMILES string of the molecule is Cc1cc2ccccc2[pH]1. The summed E-state index contributed by atoms with van der Waals surface area (Å²) in [5, 5.41) is 4.42. The number of hydrogen-bond donors (Lipinski definition) is 0. The van der Waals surface area contributed by atoms with Crippen LogP contribution in [0.3, 0.4) is 0 Å². The molecule has 0 amide bonds. The molecule has 0 spiro atoms. The Kier molecular flexibility index (Phi) is 1.28. The number of rotatable bonds is 0. The molecule has 0 saturated carbocycles. The number of hydrogen-bond acceptors (Lipinski definition) is 0. The van der Waals surface area contributed by atoms with E-state index in [4.69, 9.17) is 0 Å². The molecule has 0 bridgehead atoms. The topological polar surface area (TPSA) is 0 Å². The third-order valence-electron chi connectivity index (χ3n) is 1.66. The summed E-state index contributed by atoms with van der Waals surface area (Å²) in [5.74, 6) is 0. The van der Waals surface area contributed by atoms with Crippen LogP contribution in [0, 0.1) is 6.92 Å². The smallest absolute Gasteiger partial charge is 0.00157 e. The monoisotopic (exact) mass is 148 g/mol. The molecule has 0 N–H and O–H groups in total. The number of fused-ring (bicyclic) bond motifs is 1. The highest BCUT2D eigenvalue weighted by Gasteiger charge is 1.92. The lowest BCUT2D eigenvalue weighted by Crippen LogP contribution is -1.56. The minimum absolute atomic E-state index is 0.915. The molecule has 1 aromatic carbocycles. The minimum atomic E-state index is 0.915. The van der Waals surface area contributed by atoms with Crippen molar-refractivity contribution in [2.24, 2.45) is 0 Å². The summed E-state index contributed by atoms with van der Waals surface area (Å²) in [6.07, 6.45) is 0. The van der Waals surface area contributed by atoms with Gasteiger partial charge in [-0.3, -0.25) is 0 Å². The second kappa shape index (κ2) is 2.14. The Labute approximate surface area is 62.0 Å². The molecule has 50 valence electrons. The average molecular weight is 148 g/mol. The summed E-state index contributed by atoms with van der Waals surface area (Å²) in [6, 6.07) is 10.9. The first-order chi connectivity index (χ1) is 4.86. The van der Waals surface area contributed by atoms with Crippen LogP contribution >= 0.6 is 8.19 Å². The van der Waals surface area contributed by atoms with Crippen molar-refractivity contribution in [3.8, 4) is 0 Å². The zero-order chi connectivity index (χ0) is 6.97. The lowest BCUT2D eigenvalue weighted by Gasteiger charge is -1.83. The van der Waals surface area contributed by atoms with Crippen molar-refractivity contribution in [3.63, 3.8) is 0 Å². The predicted octanol–water partition coefficient (Wildman–Crippen LogP) is 3.18. The Morgan fingerprint density at radius 3 is 2.80 bits per heavy atom. The van der Waals surface area contributed by atoms with Gasteiger partial charge >= 0.3 is 0 Å². The zero-order valence-electron chi connectivity index (χ0n) is 5.89. The van der Waals surface area contributed by atoms with Gasteiger partial charge in [0, 0.05) is 0 Å². The summed E-state index contributed by atoms with van der Waals surface area (Å²) in [6.45, 7) is 2.19. The lowest BCUT2D eigenvalue weighted by molar-refractivity contribution is 1.66. The van der Waals surface area contributed by atoms with E-state index in [1.165, 1.54) is 15.8 Å². The highest BCUT2D eigenvalue weighted by molar-refractivity contribution is 7.38. The Balaban J connectivity index is 2.88. The fraction of sp³-hybridized carbons (Fsp3) is 0.111. The van der Waals surface area contributed by atoms with Crippen LogP contribution in [-0.2, 0) is 0 Å². The first-order valence-corrected chi connectivity index (χ1v) is 4.40. The standard InChI is InChI=1S/C9H9P/c1-7-6-8-4-2-3-5-9(8)10-7/h2-6,10H,1H3. The van der Waals surface area contributed by atoms with E-state index in [0.717, 1.165) is 8.19 Å². The van der Waals surface area contributed by atoms with Crippen molar-refractivity contribution in [2.45, 2.75) is 6.92 Å². The maximum absolute atomic E-state index is 2.27. The first kappa shape index (κ1) is 6.00. The quantitative estimate of drug-likeness (QED) is 0.538. The molecule has 0 aliphatic carbocycles. The van der Waals surface area contributed by atoms with E-state index in [1.807, 2.05) is 0 Å². The van der Waals surface area contributed by atoms with Gasteiger partial charge in [0.15, 0.2) is 0 Å². The molecule has 0 aliphatic heterocycles. The summed E-state index contributed by atoms with van der Waals surface area (Å²) in [4.78, 5) is 0. The molecule has 0 aliphatic rings. The van der Waals surface area contributed by atoms with E-state index in [1.54, 1.807) is 0 Å². The number of aryl methyl sites for hydroxylation is 1. The molecule has 0 fully saturated rings. The van der Waals surface area contributed by atoms with Crippen LogP contribution in [0.5, 0.6) is 0 Å². The third-order valence-corrected chi connectivity index (χ3v) is 2.93. The molecule has 0 saturated heterocycles. The minimum Gasteiger partial charge on any atom is -0.129 e. The fourth-order valence-corrected chi connectivity index (χ4v) is 2.35. The van der Waals surface area contributed by atoms with Gasteiger partial charge in [0.1, 0.15) is 0 Å². The van der Waals surface area contributed by atoms with Gasteiger partial charge in [-0.05, 0) is 28.8 Å². The van der Waals surface area contributed by atoms with Gasteiger partial charge in [-0.1, -0.05) is 24.3 Å². The van der Waals surface area contributed by atoms with E-state index in [0.29, 0.717) is 0 Å². The molecular weight excluding hydrogens is 139 g/mol. The van der Waals surface area contributed by atoms with Crippen LogP contribution in [0.4, 0.5) is 0 Å². The molecule has 1 unspecified atom stereocenters. The summed E-state index contributed by atoms with van der Waals surface area (Å²) < 4.78 is 0. The van der Waals surface area contributed by atoms with E-state index in [9.17, 15) is 0 Å². The summed E-state index contributed by atoms with van der Waals surface area (Å²) in [7, 11) is 0.915. The normalized spacial score (nSPS) is 11.3. The van der Waals surface area contributed by atoms with E-state index >= 15 is 0 Å². The van der Waals surface area contributed by atoms with Crippen LogP contribution in [-0.4, -0.2) is 0 Å². The molecule has 0 nitrogen and oxygen atoms in total. The lowest BCUT2D eigenvalue weighted by atomic mass is 10.2. The number of benzene rings is 1. The molecule has 1 atom stereocenters. The van der Waals surface area contributed by atoms with Crippen LogP contribution < -0.4 is 0 Å². The molecule has 10 heavy (non-hydrogen) atoms.